The van der Waals surface area contributed by atoms with E-state index in [2.05, 4.69) is 0 Å². The lowest BCUT2D eigenvalue weighted by Crippen LogP contribution is -2.34. The molecule has 0 saturated heterocycles. The van der Waals surface area contributed by atoms with Gasteiger partial charge in [0.25, 0.3) is 5.91 Å². The Kier molecular flexibility index (Phi) is 4.87. The number of amides is 1. The molecule has 2 aromatic rings. The third-order valence-corrected chi connectivity index (χ3v) is 2.93. The summed E-state index contributed by atoms with van der Waals surface area (Å²) >= 11 is 0. The molecule has 3 nitrogen and oxygen atoms in total. The molecule has 0 bridgehead atoms. The summed E-state index contributed by atoms with van der Waals surface area (Å²) in [4.78, 5) is 13.6. The molecule has 5 heteroatoms. The predicted molar refractivity (Wildman–Crippen MR) is 76.3 cm³/mol. The van der Waals surface area contributed by atoms with Crippen LogP contribution in [0.25, 0.3) is 0 Å². The van der Waals surface area contributed by atoms with Crippen molar-refractivity contribution in [2.45, 2.75) is 6.92 Å². The van der Waals surface area contributed by atoms with Crippen LogP contribution >= 0.6 is 0 Å². The summed E-state index contributed by atoms with van der Waals surface area (Å²) in [6.45, 7) is 2.09. The van der Waals surface area contributed by atoms with Gasteiger partial charge in [0, 0.05) is 12.2 Å². The molecular formula is C16H15F2NO2. The highest BCUT2D eigenvalue weighted by Crippen LogP contribution is 2.16. The Hall–Kier alpha value is -2.43. The summed E-state index contributed by atoms with van der Waals surface area (Å²) in [6.07, 6.45) is 0. The summed E-state index contributed by atoms with van der Waals surface area (Å²) in [5.74, 6) is -0.562. The van der Waals surface area contributed by atoms with Crippen molar-refractivity contribution in [2.24, 2.45) is 0 Å². The molecule has 0 aliphatic heterocycles. The molecule has 1 amide bonds. The standard InChI is InChI=1S/C16H15F2NO2/c1-2-19(14-7-3-12(17)4-8-14)16(20)11-21-15-9-5-13(18)6-10-15/h3-10H,2,11H2,1H3. The molecule has 2 rings (SSSR count). The van der Waals surface area contributed by atoms with Gasteiger partial charge in [-0.15, -0.1) is 0 Å². The molecule has 0 aromatic heterocycles. The van der Waals surface area contributed by atoms with Crippen LogP contribution in [0.15, 0.2) is 48.5 Å². The molecule has 0 atom stereocenters. The van der Waals surface area contributed by atoms with E-state index in [1.165, 1.54) is 53.4 Å². The zero-order valence-corrected chi connectivity index (χ0v) is 11.6. The smallest absolute Gasteiger partial charge is 0.264 e. The molecule has 0 aliphatic carbocycles. The summed E-state index contributed by atoms with van der Waals surface area (Å²) in [6, 6.07) is 11.1. The largest absolute Gasteiger partial charge is 0.484 e. The van der Waals surface area contributed by atoms with Crippen LogP contribution in [0.3, 0.4) is 0 Å². The van der Waals surface area contributed by atoms with Crippen LogP contribution in [0.5, 0.6) is 5.75 Å². The number of rotatable bonds is 5. The van der Waals surface area contributed by atoms with E-state index in [1.807, 2.05) is 6.92 Å². The van der Waals surface area contributed by atoms with Crippen LogP contribution < -0.4 is 9.64 Å². The summed E-state index contributed by atoms with van der Waals surface area (Å²) < 4.78 is 31.0. The van der Waals surface area contributed by atoms with Gasteiger partial charge in [-0.05, 0) is 55.5 Å². The zero-order chi connectivity index (χ0) is 15.2. The summed E-state index contributed by atoms with van der Waals surface area (Å²) in [5.41, 5.74) is 0.603. The molecule has 0 aliphatic rings. The van der Waals surface area contributed by atoms with Crippen molar-refractivity contribution < 1.29 is 18.3 Å². The molecule has 0 heterocycles. The van der Waals surface area contributed by atoms with E-state index >= 15 is 0 Å². The predicted octanol–water partition coefficient (Wildman–Crippen LogP) is 3.40. The summed E-state index contributed by atoms with van der Waals surface area (Å²) in [5, 5.41) is 0. The van der Waals surface area contributed by atoms with E-state index in [-0.39, 0.29) is 24.1 Å². The Morgan fingerprint density at radius 2 is 1.52 bits per heavy atom. The quantitative estimate of drug-likeness (QED) is 0.845. The lowest BCUT2D eigenvalue weighted by molar-refractivity contribution is -0.120. The highest BCUT2D eigenvalue weighted by atomic mass is 19.1. The Bertz CT molecular complexity index is 597. The highest BCUT2D eigenvalue weighted by molar-refractivity contribution is 5.94. The number of likely N-dealkylation sites (N-methyl/N-ethyl adjacent to an activating group) is 1. The second-order valence-electron chi connectivity index (χ2n) is 4.36. The average Bonchev–Trinajstić information content (AvgIpc) is 2.49. The fourth-order valence-corrected chi connectivity index (χ4v) is 1.88. The van der Waals surface area contributed by atoms with Crippen LogP contribution in [0, 0.1) is 11.6 Å². The lowest BCUT2D eigenvalue weighted by Gasteiger charge is -2.21. The minimum atomic E-state index is -0.366. The minimum absolute atomic E-state index is 0.170. The minimum Gasteiger partial charge on any atom is -0.484 e. The van der Waals surface area contributed by atoms with Gasteiger partial charge in [-0.3, -0.25) is 4.79 Å². The first-order valence-electron chi connectivity index (χ1n) is 6.54. The summed E-state index contributed by atoms with van der Waals surface area (Å²) in [7, 11) is 0. The van der Waals surface area contributed by atoms with Crippen molar-refractivity contribution >= 4 is 11.6 Å². The van der Waals surface area contributed by atoms with Crippen LogP contribution in [0.2, 0.25) is 0 Å². The second-order valence-corrected chi connectivity index (χ2v) is 4.36. The van der Waals surface area contributed by atoms with E-state index in [0.29, 0.717) is 18.0 Å². The maximum absolute atomic E-state index is 12.9. The van der Waals surface area contributed by atoms with Gasteiger partial charge < -0.3 is 9.64 Å². The second kappa shape index (κ2) is 6.83. The lowest BCUT2D eigenvalue weighted by atomic mass is 10.2. The van der Waals surface area contributed by atoms with Crippen LogP contribution in [-0.4, -0.2) is 19.1 Å². The van der Waals surface area contributed by atoms with Gasteiger partial charge in [0.1, 0.15) is 17.4 Å². The van der Waals surface area contributed by atoms with E-state index < -0.39 is 0 Å². The molecule has 0 radical (unpaired) electrons. The molecule has 110 valence electrons. The Balaban J connectivity index is 2.00. The van der Waals surface area contributed by atoms with E-state index in [4.69, 9.17) is 4.74 Å². The van der Waals surface area contributed by atoms with Gasteiger partial charge in [0.15, 0.2) is 6.61 Å². The molecule has 21 heavy (non-hydrogen) atoms. The number of benzene rings is 2. The molecule has 0 saturated carbocycles. The van der Waals surface area contributed by atoms with Crippen molar-refractivity contribution in [1.29, 1.82) is 0 Å². The third kappa shape index (κ3) is 4.02. The fourth-order valence-electron chi connectivity index (χ4n) is 1.88. The van der Waals surface area contributed by atoms with Crippen molar-refractivity contribution in [2.75, 3.05) is 18.1 Å². The number of halogens is 2. The monoisotopic (exact) mass is 291 g/mol. The topological polar surface area (TPSA) is 29.5 Å². The number of anilines is 1. The number of ether oxygens (including phenoxy) is 1. The number of carbonyl (C=O) groups excluding carboxylic acids is 1. The number of carbonyl (C=O) groups is 1. The molecule has 2 aromatic carbocycles. The number of hydrogen-bond acceptors (Lipinski definition) is 2. The first-order valence-corrected chi connectivity index (χ1v) is 6.54. The Morgan fingerprint density at radius 1 is 1.00 bits per heavy atom. The first-order chi connectivity index (χ1) is 10.1. The van der Waals surface area contributed by atoms with Gasteiger partial charge in [-0.2, -0.15) is 0 Å². The van der Waals surface area contributed by atoms with Gasteiger partial charge in [0.2, 0.25) is 0 Å². The Labute approximate surface area is 121 Å². The molecule has 0 N–H and O–H groups in total. The molecule has 0 spiro atoms. The van der Waals surface area contributed by atoms with E-state index in [1.54, 1.807) is 0 Å². The van der Waals surface area contributed by atoms with Crippen LogP contribution in [-0.2, 0) is 4.79 Å². The third-order valence-electron chi connectivity index (χ3n) is 2.93. The maximum atomic E-state index is 12.9. The number of hydrogen-bond donors (Lipinski definition) is 0. The van der Waals surface area contributed by atoms with Crippen LogP contribution in [0.1, 0.15) is 6.92 Å². The average molecular weight is 291 g/mol. The molecule has 0 unspecified atom stereocenters. The van der Waals surface area contributed by atoms with Crippen molar-refractivity contribution in [3.05, 3.63) is 60.2 Å². The van der Waals surface area contributed by atoms with Gasteiger partial charge in [0.05, 0.1) is 0 Å². The molecular weight excluding hydrogens is 276 g/mol. The van der Waals surface area contributed by atoms with Crippen LogP contribution in [0.4, 0.5) is 14.5 Å². The Morgan fingerprint density at radius 3 is 2.05 bits per heavy atom. The fraction of sp³-hybridized carbons (Fsp3) is 0.188. The molecule has 0 fully saturated rings. The van der Waals surface area contributed by atoms with Crippen molar-refractivity contribution in [3.63, 3.8) is 0 Å². The van der Waals surface area contributed by atoms with Gasteiger partial charge >= 0.3 is 0 Å². The first kappa shape index (κ1) is 15.0. The van der Waals surface area contributed by atoms with E-state index in [9.17, 15) is 13.6 Å². The highest BCUT2D eigenvalue weighted by Gasteiger charge is 2.14. The number of nitrogens with zero attached hydrogens (tertiary/aromatic N) is 1. The zero-order valence-electron chi connectivity index (χ0n) is 11.6. The van der Waals surface area contributed by atoms with Gasteiger partial charge in [-0.1, -0.05) is 0 Å². The van der Waals surface area contributed by atoms with E-state index in [0.717, 1.165) is 0 Å². The SMILES string of the molecule is CCN(C(=O)COc1ccc(F)cc1)c1ccc(F)cc1. The van der Waals surface area contributed by atoms with Crippen molar-refractivity contribution in [1.82, 2.24) is 0 Å². The van der Waals surface area contributed by atoms with Gasteiger partial charge in [-0.25, -0.2) is 8.78 Å². The normalized spacial score (nSPS) is 10.2. The maximum Gasteiger partial charge on any atom is 0.264 e. The van der Waals surface area contributed by atoms with Crippen molar-refractivity contribution in [3.8, 4) is 5.75 Å².